The topological polar surface area (TPSA) is 60.7 Å². The SMILES string of the molecule is CC=C1CCC2[C@H](CO)C([C@@]3(C)CC[C@H](O)C[C@@H]3CO)CC[C@]12C. The fourth-order valence-electron chi connectivity index (χ4n) is 6.85. The molecule has 0 heterocycles. The van der Waals surface area contributed by atoms with Crippen LogP contribution in [0, 0.1) is 34.5 Å². The maximum absolute atomic E-state index is 10.3. The van der Waals surface area contributed by atoms with Crippen molar-refractivity contribution in [1.29, 1.82) is 0 Å². The van der Waals surface area contributed by atoms with Crippen LogP contribution in [0.15, 0.2) is 11.6 Å². The van der Waals surface area contributed by atoms with E-state index >= 15 is 0 Å². The Morgan fingerprint density at radius 3 is 2.42 bits per heavy atom. The first-order chi connectivity index (χ1) is 11.4. The van der Waals surface area contributed by atoms with Crippen LogP contribution in [0.4, 0.5) is 0 Å². The van der Waals surface area contributed by atoms with Crippen molar-refractivity contribution >= 4 is 0 Å². The van der Waals surface area contributed by atoms with E-state index in [1.165, 1.54) is 19.3 Å². The van der Waals surface area contributed by atoms with Gasteiger partial charge in [-0.05, 0) is 86.4 Å². The molecule has 3 N–H and O–H groups in total. The maximum Gasteiger partial charge on any atom is 0.0544 e. The quantitative estimate of drug-likeness (QED) is 0.691. The highest BCUT2D eigenvalue weighted by Crippen LogP contribution is 2.63. The van der Waals surface area contributed by atoms with Crippen LogP contribution in [-0.4, -0.2) is 34.6 Å². The predicted octanol–water partition coefficient (Wildman–Crippen LogP) is 3.53. The van der Waals surface area contributed by atoms with E-state index in [-0.39, 0.29) is 36.1 Å². The van der Waals surface area contributed by atoms with E-state index in [9.17, 15) is 15.3 Å². The van der Waals surface area contributed by atoms with E-state index in [4.69, 9.17) is 0 Å². The van der Waals surface area contributed by atoms with Crippen LogP contribution in [-0.2, 0) is 0 Å². The monoisotopic (exact) mass is 336 g/mol. The van der Waals surface area contributed by atoms with Crippen LogP contribution < -0.4 is 0 Å². The summed E-state index contributed by atoms with van der Waals surface area (Å²) in [5.74, 6) is 1.51. The largest absolute Gasteiger partial charge is 0.396 e. The molecule has 3 aliphatic carbocycles. The van der Waals surface area contributed by atoms with Gasteiger partial charge in [0.2, 0.25) is 0 Å². The highest BCUT2D eigenvalue weighted by atomic mass is 16.3. The van der Waals surface area contributed by atoms with Gasteiger partial charge in [0.25, 0.3) is 0 Å². The first kappa shape index (κ1) is 18.4. The summed E-state index contributed by atoms with van der Waals surface area (Å²) in [7, 11) is 0. The fraction of sp³-hybridized carbons (Fsp3) is 0.905. The summed E-state index contributed by atoms with van der Waals surface area (Å²) < 4.78 is 0. The summed E-state index contributed by atoms with van der Waals surface area (Å²) in [5.41, 5.74) is 1.89. The summed E-state index contributed by atoms with van der Waals surface area (Å²) in [4.78, 5) is 0. The van der Waals surface area contributed by atoms with Crippen molar-refractivity contribution in [3.8, 4) is 0 Å². The summed E-state index contributed by atoms with van der Waals surface area (Å²) >= 11 is 0. The van der Waals surface area contributed by atoms with Crippen LogP contribution >= 0.6 is 0 Å². The van der Waals surface area contributed by atoms with Crippen LogP contribution in [0.1, 0.15) is 65.7 Å². The van der Waals surface area contributed by atoms with Gasteiger partial charge in [0.05, 0.1) is 6.10 Å². The van der Waals surface area contributed by atoms with Gasteiger partial charge in [-0.2, -0.15) is 0 Å². The maximum atomic E-state index is 10.3. The van der Waals surface area contributed by atoms with Crippen LogP contribution in [0.5, 0.6) is 0 Å². The molecule has 3 heteroatoms. The molecule has 0 aromatic rings. The highest BCUT2D eigenvalue weighted by molar-refractivity contribution is 5.23. The molecule has 0 aromatic heterocycles. The van der Waals surface area contributed by atoms with Crippen molar-refractivity contribution in [2.75, 3.05) is 13.2 Å². The van der Waals surface area contributed by atoms with Crippen LogP contribution in [0.25, 0.3) is 0 Å². The lowest BCUT2D eigenvalue weighted by atomic mass is 9.49. The van der Waals surface area contributed by atoms with Crippen molar-refractivity contribution in [3.05, 3.63) is 11.6 Å². The average molecular weight is 337 g/mol. The van der Waals surface area contributed by atoms with Gasteiger partial charge in [-0.3, -0.25) is 0 Å². The molecule has 0 saturated heterocycles. The summed E-state index contributed by atoms with van der Waals surface area (Å²) in [6.07, 6.45) is 9.28. The zero-order valence-corrected chi connectivity index (χ0v) is 15.7. The van der Waals surface area contributed by atoms with Crippen molar-refractivity contribution in [2.24, 2.45) is 34.5 Å². The predicted molar refractivity (Wildman–Crippen MR) is 96.4 cm³/mol. The molecule has 3 nitrogen and oxygen atoms in total. The molecular weight excluding hydrogens is 300 g/mol. The van der Waals surface area contributed by atoms with Gasteiger partial charge in [-0.25, -0.2) is 0 Å². The molecule has 24 heavy (non-hydrogen) atoms. The molecule has 0 bridgehead atoms. The Labute approximate surface area is 147 Å². The molecule has 7 atom stereocenters. The number of rotatable bonds is 3. The van der Waals surface area contributed by atoms with E-state index in [2.05, 4.69) is 26.8 Å². The number of aliphatic hydroxyl groups excluding tert-OH is 3. The first-order valence-corrected chi connectivity index (χ1v) is 9.96. The van der Waals surface area contributed by atoms with Gasteiger partial charge in [0, 0.05) is 13.2 Å². The Bertz CT molecular complexity index is 487. The van der Waals surface area contributed by atoms with Crippen LogP contribution in [0.3, 0.4) is 0 Å². The van der Waals surface area contributed by atoms with Gasteiger partial charge in [-0.15, -0.1) is 0 Å². The Morgan fingerprint density at radius 1 is 1.04 bits per heavy atom. The number of allylic oxidation sites excluding steroid dienone is 2. The van der Waals surface area contributed by atoms with Gasteiger partial charge < -0.3 is 15.3 Å². The molecule has 0 spiro atoms. The zero-order valence-electron chi connectivity index (χ0n) is 15.7. The molecule has 0 amide bonds. The minimum Gasteiger partial charge on any atom is -0.396 e. The minimum absolute atomic E-state index is 0.0430. The second-order valence-electron chi connectivity index (χ2n) is 9.18. The van der Waals surface area contributed by atoms with Crippen LogP contribution in [0.2, 0.25) is 0 Å². The Hall–Kier alpha value is -0.380. The van der Waals surface area contributed by atoms with Gasteiger partial charge >= 0.3 is 0 Å². The Kier molecular flexibility index (Phi) is 5.17. The molecule has 138 valence electrons. The first-order valence-electron chi connectivity index (χ1n) is 9.96. The van der Waals surface area contributed by atoms with Crippen molar-refractivity contribution in [1.82, 2.24) is 0 Å². The molecule has 3 aliphatic rings. The highest BCUT2D eigenvalue weighted by Gasteiger charge is 2.56. The molecular formula is C21H36O3. The second-order valence-corrected chi connectivity index (χ2v) is 9.18. The summed E-state index contributed by atoms with van der Waals surface area (Å²) in [6.45, 7) is 7.31. The van der Waals surface area contributed by atoms with Crippen molar-refractivity contribution < 1.29 is 15.3 Å². The van der Waals surface area contributed by atoms with E-state index in [1.807, 2.05) is 0 Å². The van der Waals surface area contributed by atoms with E-state index in [1.54, 1.807) is 5.57 Å². The lowest BCUT2D eigenvalue weighted by Crippen LogP contribution is -2.52. The third-order valence-corrected chi connectivity index (χ3v) is 8.42. The molecule has 3 fully saturated rings. The Morgan fingerprint density at radius 2 is 1.79 bits per heavy atom. The molecule has 0 radical (unpaired) electrons. The molecule has 3 rings (SSSR count). The summed E-state index contributed by atoms with van der Waals surface area (Å²) in [5, 5.41) is 30.3. The summed E-state index contributed by atoms with van der Waals surface area (Å²) in [6, 6.07) is 0. The van der Waals surface area contributed by atoms with E-state index < -0.39 is 0 Å². The minimum atomic E-state index is -0.266. The number of aliphatic hydroxyl groups is 3. The van der Waals surface area contributed by atoms with E-state index in [0.29, 0.717) is 24.2 Å². The fourth-order valence-corrected chi connectivity index (χ4v) is 6.85. The van der Waals surface area contributed by atoms with Gasteiger partial charge in [0.15, 0.2) is 0 Å². The average Bonchev–Trinajstić information content (AvgIpc) is 2.92. The third-order valence-electron chi connectivity index (χ3n) is 8.42. The van der Waals surface area contributed by atoms with Gasteiger partial charge in [0.1, 0.15) is 0 Å². The molecule has 3 saturated carbocycles. The number of fused-ring (bicyclic) bond motifs is 1. The molecule has 0 aromatic carbocycles. The van der Waals surface area contributed by atoms with Crippen molar-refractivity contribution in [2.45, 2.75) is 71.8 Å². The van der Waals surface area contributed by atoms with Crippen molar-refractivity contribution in [3.63, 3.8) is 0 Å². The Balaban J connectivity index is 1.89. The normalized spacial score (nSPS) is 50.9. The van der Waals surface area contributed by atoms with Gasteiger partial charge in [-0.1, -0.05) is 25.5 Å². The second kappa shape index (κ2) is 6.74. The number of hydrogen-bond acceptors (Lipinski definition) is 3. The van der Waals surface area contributed by atoms with E-state index in [0.717, 1.165) is 19.3 Å². The standard InChI is InChI=1S/C21H36O3/c1-4-14-5-6-18-17(13-23)19(8-10-20(14,18)2)21(3)9-7-16(24)11-15(21)12-22/h4,15-19,22-24H,5-13H2,1-3H3/t15-,16+,17+,18?,19?,20-,21+/m1/s1. The lowest BCUT2D eigenvalue weighted by molar-refractivity contribution is -0.104. The smallest absolute Gasteiger partial charge is 0.0544 e. The lowest BCUT2D eigenvalue weighted by Gasteiger charge is -2.56. The zero-order chi connectivity index (χ0) is 17.5. The molecule has 2 unspecified atom stereocenters. The third kappa shape index (κ3) is 2.68. The number of hydrogen-bond donors (Lipinski definition) is 3. The molecule has 0 aliphatic heterocycles.